The number of amides is 1. The molecule has 1 amide bonds. The first-order valence-electron chi connectivity index (χ1n) is 5.15. The van der Waals surface area contributed by atoms with Crippen molar-refractivity contribution < 1.29 is 9.53 Å². The van der Waals surface area contributed by atoms with Crippen molar-refractivity contribution in [2.45, 2.75) is 18.9 Å². The van der Waals surface area contributed by atoms with E-state index in [1.807, 2.05) is 0 Å². The molecule has 0 bridgehead atoms. The number of ether oxygens (including phenoxy) is 1. The van der Waals surface area contributed by atoms with Gasteiger partial charge in [-0.05, 0) is 25.0 Å². The van der Waals surface area contributed by atoms with Crippen molar-refractivity contribution >= 4 is 46.4 Å². The number of carbonyl (C=O) groups is 1. The highest BCUT2D eigenvalue weighted by Crippen LogP contribution is 2.32. The minimum absolute atomic E-state index is 0.206. The Bertz CT molecular complexity index is 445. The zero-order valence-corrected chi connectivity index (χ0v) is 11.1. The van der Waals surface area contributed by atoms with Crippen LogP contribution in [0.25, 0.3) is 0 Å². The van der Waals surface area contributed by atoms with E-state index in [1.165, 1.54) is 12.1 Å². The first kappa shape index (κ1) is 13.0. The van der Waals surface area contributed by atoms with Crippen molar-refractivity contribution in [1.29, 1.82) is 0 Å². The molecule has 0 unspecified atom stereocenters. The molecule has 1 atom stereocenters. The van der Waals surface area contributed by atoms with Crippen LogP contribution in [0.4, 0.5) is 5.69 Å². The maximum absolute atomic E-state index is 11.8. The van der Waals surface area contributed by atoms with Crippen molar-refractivity contribution in [3.05, 3.63) is 27.2 Å². The van der Waals surface area contributed by atoms with Crippen LogP contribution in [0, 0.1) is 0 Å². The molecule has 0 aliphatic carbocycles. The number of benzene rings is 1. The van der Waals surface area contributed by atoms with Gasteiger partial charge in [-0.1, -0.05) is 34.8 Å². The van der Waals surface area contributed by atoms with Gasteiger partial charge in [-0.25, -0.2) is 0 Å². The molecule has 92 valence electrons. The van der Waals surface area contributed by atoms with E-state index in [0.717, 1.165) is 12.8 Å². The van der Waals surface area contributed by atoms with E-state index in [2.05, 4.69) is 5.32 Å². The first-order chi connectivity index (χ1) is 8.08. The minimum atomic E-state index is -0.402. The van der Waals surface area contributed by atoms with Crippen LogP contribution in [-0.2, 0) is 9.53 Å². The van der Waals surface area contributed by atoms with Gasteiger partial charge in [0.2, 0.25) is 0 Å². The van der Waals surface area contributed by atoms with E-state index in [1.54, 1.807) is 0 Å². The molecular formula is C11H10Cl3NO2. The minimum Gasteiger partial charge on any atom is -0.368 e. The lowest BCUT2D eigenvalue weighted by Crippen LogP contribution is -2.26. The van der Waals surface area contributed by atoms with Gasteiger partial charge in [-0.3, -0.25) is 4.79 Å². The molecule has 1 saturated heterocycles. The molecule has 2 rings (SSSR count). The van der Waals surface area contributed by atoms with Crippen molar-refractivity contribution in [2.75, 3.05) is 11.9 Å². The molecule has 1 aliphatic rings. The predicted molar refractivity (Wildman–Crippen MR) is 69.1 cm³/mol. The van der Waals surface area contributed by atoms with Crippen LogP contribution in [0.2, 0.25) is 15.1 Å². The number of hydrogen-bond donors (Lipinski definition) is 1. The molecule has 1 aromatic rings. The van der Waals surface area contributed by atoms with E-state index in [4.69, 9.17) is 39.5 Å². The smallest absolute Gasteiger partial charge is 0.253 e. The van der Waals surface area contributed by atoms with Crippen LogP contribution in [0.3, 0.4) is 0 Å². The molecule has 6 heteroatoms. The lowest BCUT2D eigenvalue weighted by molar-refractivity contribution is -0.124. The molecule has 0 spiro atoms. The molecule has 0 aromatic heterocycles. The Kier molecular flexibility index (Phi) is 4.15. The largest absolute Gasteiger partial charge is 0.368 e. The van der Waals surface area contributed by atoms with Gasteiger partial charge < -0.3 is 10.1 Å². The maximum Gasteiger partial charge on any atom is 0.253 e. The topological polar surface area (TPSA) is 38.3 Å². The summed E-state index contributed by atoms with van der Waals surface area (Å²) in [5.74, 6) is -0.206. The first-order valence-corrected chi connectivity index (χ1v) is 6.28. The van der Waals surface area contributed by atoms with Crippen LogP contribution < -0.4 is 5.32 Å². The molecule has 1 fully saturated rings. The summed E-state index contributed by atoms with van der Waals surface area (Å²) in [4.78, 5) is 11.8. The Morgan fingerprint density at radius 1 is 1.24 bits per heavy atom. The average molecular weight is 295 g/mol. The van der Waals surface area contributed by atoms with E-state index in [9.17, 15) is 4.79 Å². The van der Waals surface area contributed by atoms with Gasteiger partial charge in [0.15, 0.2) is 0 Å². The molecule has 1 aliphatic heterocycles. The van der Waals surface area contributed by atoms with E-state index >= 15 is 0 Å². The maximum atomic E-state index is 11.8. The normalized spacial score (nSPS) is 19.4. The Morgan fingerprint density at radius 3 is 2.59 bits per heavy atom. The number of carbonyl (C=O) groups excluding carboxylic acids is 1. The molecular weight excluding hydrogens is 284 g/mol. The number of halogens is 3. The standard InChI is InChI=1S/C11H10Cl3NO2/c12-6-4-8(14)9(5-7(6)13)15-11(16)10-2-1-3-17-10/h4-5,10H,1-3H2,(H,15,16)/t10-/m1/s1. The number of rotatable bonds is 2. The van der Waals surface area contributed by atoms with Gasteiger partial charge in [0, 0.05) is 6.61 Å². The number of hydrogen-bond acceptors (Lipinski definition) is 2. The zero-order valence-electron chi connectivity index (χ0n) is 8.80. The third kappa shape index (κ3) is 3.05. The van der Waals surface area contributed by atoms with Crippen LogP contribution >= 0.6 is 34.8 Å². The Morgan fingerprint density at radius 2 is 1.94 bits per heavy atom. The van der Waals surface area contributed by atoms with Crippen LogP contribution in [0.1, 0.15) is 12.8 Å². The fourth-order valence-electron chi connectivity index (χ4n) is 1.62. The molecule has 0 saturated carbocycles. The lowest BCUT2D eigenvalue weighted by atomic mass is 10.2. The summed E-state index contributed by atoms with van der Waals surface area (Å²) < 4.78 is 5.27. The molecule has 0 radical (unpaired) electrons. The Hall–Kier alpha value is -0.480. The summed E-state index contributed by atoms with van der Waals surface area (Å²) in [5, 5.41) is 3.73. The van der Waals surface area contributed by atoms with Crippen LogP contribution in [0.5, 0.6) is 0 Å². The summed E-state index contributed by atoms with van der Waals surface area (Å²) in [6.07, 6.45) is 1.22. The van der Waals surface area contributed by atoms with Gasteiger partial charge in [-0.15, -0.1) is 0 Å². The predicted octanol–water partition coefficient (Wildman–Crippen LogP) is 3.76. The van der Waals surface area contributed by atoms with E-state index in [-0.39, 0.29) is 5.91 Å². The van der Waals surface area contributed by atoms with Crippen LogP contribution in [-0.4, -0.2) is 18.6 Å². The van der Waals surface area contributed by atoms with Gasteiger partial charge in [0.05, 0.1) is 20.8 Å². The van der Waals surface area contributed by atoms with Crippen LogP contribution in [0.15, 0.2) is 12.1 Å². The second kappa shape index (κ2) is 5.44. The van der Waals surface area contributed by atoms with Gasteiger partial charge in [-0.2, -0.15) is 0 Å². The summed E-state index contributed by atoms with van der Waals surface area (Å²) in [7, 11) is 0. The van der Waals surface area contributed by atoms with Crippen molar-refractivity contribution in [3.63, 3.8) is 0 Å². The van der Waals surface area contributed by atoms with Crippen molar-refractivity contribution in [3.8, 4) is 0 Å². The average Bonchev–Trinajstić information content (AvgIpc) is 2.79. The molecule has 1 aromatic carbocycles. The van der Waals surface area contributed by atoms with E-state index < -0.39 is 6.10 Å². The highest BCUT2D eigenvalue weighted by molar-refractivity contribution is 6.44. The summed E-state index contributed by atoms with van der Waals surface area (Å²) >= 11 is 17.6. The molecule has 3 nitrogen and oxygen atoms in total. The molecule has 1 N–H and O–H groups in total. The van der Waals surface area contributed by atoms with Gasteiger partial charge in [0.1, 0.15) is 6.10 Å². The fourth-order valence-corrected chi connectivity index (χ4v) is 2.21. The highest BCUT2D eigenvalue weighted by Gasteiger charge is 2.24. The number of anilines is 1. The molecule has 1 heterocycles. The van der Waals surface area contributed by atoms with Crippen molar-refractivity contribution in [2.24, 2.45) is 0 Å². The highest BCUT2D eigenvalue weighted by atomic mass is 35.5. The quantitative estimate of drug-likeness (QED) is 0.843. The SMILES string of the molecule is O=C(Nc1cc(Cl)c(Cl)cc1Cl)[C@H]1CCCO1. The van der Waals surface area contributed by atoms with Gasteiger partial charge in [0.25, 0.3) is 5.91 Å². The lowest BCUT2D eigenvalue weighted by Gasteiger charge is -2.12. The van der Waals surface area contributed by atoms with E-state index in [0.29, 0.717) is 27.4 Å². The third-order valence-corrected chi connectivity index (χ3v) is 3.52. The third-order valence-electron chi connectivity index (χ3n) is 2.49. The Labute approximate surface area is 114 Å². The number of nitrogens with one attached hydrogen (secondary N) is 1. The zero-order chi connectivity index (χ0) is 12.4. The summed E-state index contributed by atoms with van der Waals surface area (Å²) in [6.45, 7) is 0.618. The summed E-state index contributed by atoms with van der Waals surface area (Å²) in [6, 6.07) is 3.02. The van der Waals surface area contributed by atoms with Crippen molar-refractivity contribution in [1.82, 2.24) is 0 Å². The monoisotopic (exact) mass is 293 g/mol. The fraction of sp³-hybridized carbons (Fsp3) is 0.364. The summed E-state index contributed by atoms with van der Waals surface area (Å²) in [5.41, 5.74) is 0.446. The second-order valence-electron chi connectivity index (χ2n) is 3.74. The Balaban J connectivity index is 2.12. The van der Waals surface area contributed by atoms with Gasteiger partial charge >= 0.3 is 0 Å². The molecule has 17 heavy (non-hydrogen) atoms. The second-order valence-corrected chi connectivity index (χ2v) is 4.96.